The molecule has 1 aliphatic carbocycles. The van der Waals surface area contributed by atoms with E-state index in [2.05, 4.69) is 12.2 Å². The van der Waals surface area contributed by atoms with Crippen LogP contribution in [-0.2, 0) is 4.79 Å². The number of alkyl halides is 1. The molecule has 0 radical (unpaired) electrons. The SMILES string of the molecule is CCCC1CC1NC(=O)C(C)(C)CCl. The van der Waals surface area contributed by atoms with Crippen LogP contribution in [0.3, 0.4) is 0 Å². The van der Waals surface area contributed by atoms with Gasteiger partial charge >= 0.3 is 0 Å². The molecule has 0 heterocycles. The molecule has 1 amide bonds. The number of hydrogen-bond acceptors (Lipinski definition) is 1. The van der Waals surface area contributed by atoms with Crippen molar-refractivity contribution >= 4 is 17.5 Å². The van der Waals surface area contributed by atoms with Crippen LogP contribution in [0.5, 0.6) is 0 Å². The summed E-state index contributed by atoms with van der Waals surface area (Å²) in [6.45, 7) is 5.94. The maximum atomic E-state index is 11.7. The molecule has 0 aromatic rings. The molecule has 1 saturated carbocycles. The first kappa shape index (κ1) is 11.8. The second-order valence-corrected chi connectivity index (χ2v) is 5.15. The fraction of sp³-hybridized carbons (Fsp3) is 0.909. The van der Waals surface area contributed by atoms with Gasteiger partial charge in [-0.25, -0.2) is 0 Å². The summed E-state index contributed by atoms with van der Waals surface area (Å²) in [5.41, 5.74) is -0.430. The molecule has 0 spiro atoms. The van der Waals surface area contributed by atoms with Crippen LogP contribution in [0.25, 0.3) is 0 Å². The predicted molar refractivity (Wildman–Crippen MR) is 59.4 cm³/mol. The second-order valence-electron chi connectivity index (χ2n) is 4.88. The molecule has 14 heavy (non-hydrogen) atoms. The van der Waals surface area contributed by atoms with Gasteiger partial charge in [-0.3, -0.25) is 4.79 Å². The number of carbonyl (C=O) groups is 1. The van der Waals surface area contributed by atoms with E-state index in [1.807, 2.05) is 13.8 Å². The van der Waals surface area contributed by atoms with Gasteiger partial charge in [-0.2, -0.15) is 0 Å². The molecule has 2 unspecified atom stereocenters. The topological polar surface area (TPSA) is 29.1 Å². The lowest BCUT2D eigenvalue weighted by molar-refractivity contribution is -0.128. The Labute approximate surface area is 91.4 Å². The Hall–Kier alpha value is -0.240. The van der Waals surface area contributed by atoms with E-state index in [1.165, 1.54) is 12.8 Å². The molecule has 0 aromatic carbocycles. The van der Waals surface area contributed by atoms with E-state index in [9.17, 15) is 4.79 Å². The van der Waals surface area contributed by atoms with Gasteiger partial charge in [-0.15, -0.1) is 11.6 Å². The number of hydrogen-bond donors (Lipinski definition) is 1. The average Bonchev–Trinajstić information content (AvgIpc) is 2.84. The Morgan fingerprint density at radius 3 is 2.71 bits per heavy atom. The van der Waals surface area contributed by atoms with Gasteiger partial charge in [-0.05, 0) is 32.6 Å². The predicted octanol–water partition coefficient (Wildman–Crippen LogP) is 2.56. The smallest absolute Gasteiger partial charge is 0.227 e. The van der Waals surface area contributed by atoms with Crippen molar-refractivity contribution in [1.29, 1.82) is 0 Å². The van der Waals surface area contributed by atoms with Crippen molar-refractivity contribution in [1.82, 2.24) is 5.32 Å². The van der Waals surface area contributed by atoms with Crippen molar-refractivity contribution in [3.05, 3.63) is 0 Å². The Morgan fingerprint density at radius 1 is 1.57 bits per heavy atom. The third kappa shape index (κ3) is 2.88. The van der Waals surface area contributed by atoms with Crippen molar-refractivity contribution in [2.24, 2.45) is 11.3 Å². The first-order valence-corrected chi connectivity index (χ1v) is 5.91. The number of carbonyl (C=O) groups excluding carboxylic acids is 1. The maximum Gasteiger partial charge on any atom is 0.227 e. The molecule has 0 bridgehead atoms. The Morgan fingerprint density at radius 2 is 2.21 bits per heavy atom. The Bertz CT molecular complexity index is 215. The van der Waals surface area contributed by atoms with E-state index in [4.69, 9.17) is 11.6 Å². The summed E-state index contributed by atoms with van der Waals surface area (Å²) in [5, 5.41) is 3.06. The monoisotopic (exact) mass is 217 g/mol. The van der Waals surface area contributed by atoms with Crippen molar-refractivity contribution in [3.63, 3.8) is 0 Å². The summed E-state index contributed by atoms with van der Waals surface area (Å²) in [6.07, 6.45) is 3.58. The molecule has 1 N–H and O–H groups in total. The van der Waals surface area contributed by atoms with Crippen molar-refractivity contribution < 1.29 is 4.79 Å². The highest BCUT2D eigenvalue weighted by molar-refractivity contribution is 6.19. The van der Waals surface area contributed by atoms with E-state index in [-0.39, 0.29) is 5.91 Å². The van der Waals surface area contributed by atoms with Gasteiger partial charge in [0.15, 0.2) is 0 Å². The number of amides is 1. The van der Waals surface area contributed by atoms with Gasteiger partial charge in [0.1, 0.15) is 0 Å². The Balaban J connectivity index is 2.30. The Kier molecular flexibility index (Phi) is 3.82. The average molecular weight is 218 g/mol. The summed E-state index contributed by atoms with van der Waals surface area (Å²) < 4.78 is 0. The van der Waals surface area contributed by atoms with Crippen LogP contribution < -0.4 is 5.32 Å². The molecular weight excluding hydrogens is 198 g/mol. The second kappa shape index (κ2) is 4.52. The molecule has 2 atom stereocenters. The minimum atomic E-state index is -0.430. The molecule has 3 heteroatoms. The maximum absolute atomic E-state index is 11.7. The molecule has 1 fully saturated rings. The summed E-state index contributed by atoms with van der Waals surface area (Å²) in [4.78, 5) is 11.7. The van der Waals surface area contributed by atoms with E-state index in [0.29, 0.717) is 11.9 Å². The highest BCUT2D eigenvalue weighted by Crippen LogP contribution is 2.35. The minimum Gasteiger partial charge on any atom is -0.353 e. The van der Waals surface area contributed by atoms with Crippen LogP contribution in [0.1, 0.15) is 40.0 Å². The third-order valence-electron chi connectivity index (χ3n) is 2.85. The first-order valence-electron chi connectivity index (χ1n) is 5.38. The molecule has 82 valence electrons. The quantitative estimate of drug-likeness (QED) is 0.705. The van der Waals surface area contributed by atoms with Gasteiger partial charge in [0, 0.05) is 11.9 Å². The fourth-order valence-corrected chi connectivity index (χ4v) is 1.66. The highest BCUT2D eigenvalue weighted by Gasteiger charge is 2.39. The van der Waals surface area contributed by atoms with Gasteiger partial charge < -0.3 is 5.32 Å². The third-order valence-corrected chi connectivity index (χ3v) is 3.52. The van der Waals surface area contributed by atoms with Crippen molar-refractivity contribution in [3.8, 4) is 0 Å². The fourth-order valence-electron chi connectivity index (χ4n) is 1.54. The number of halogens is 1. The van der Waals surface area contributed by atoms with Crippen LogP contribution in [0.15, 0.2) is 0 Å². The summed E-state index contributed by atoms with van der Waals surface area (Å²) >= 11 is 5.73. The van der Waals surface area contributed by atoms with Crippen molar-refractivity contribution in [2.75, 3.05) is 5.88 Å². The van der Waals surface area contributed by atoms with Gasteiger partial charge in [0.25, 0.3) is 0 Å². The molecule has 0 aromatic heterocycles. The number of rotatable bonds is 5. The zero-order valence-corrected chi connectivity index (χ0v) is 10.0. The minimum absolute atomic E-state index is 0.0936. The van der Waals surface area contributed by atoms with E-state index < -0.39 is 5.41 Å². The van der Waals surface area contributed by atoms with E-state index in [0.717, 1.165) is 12.3 Å². The first-order chi connectivity index (χ1) is 6.51. The molecule has 1 rings (SSSR count). The number of nitrogens with one attached hydrogen (secondary N) is 1. The lowest BCUT2D eigenvalue weighted by atomic mass is 9.95. The van der Waals surface area contributed by atoms with Crippen LogP contribution in [-0.4, -0.2) is 17.8 Å². The molecule has 0 aliphatic heterocycles. The summed E-state index contributed by atoms with van der Waals surface area (Å²) in [7, 11) is 0. The van der Waals surface area contributed by atoms with E-state index >= 15 is 0 Å². The van der Waals surface area contributed by atoms with Gasteiger partial charge in [0.2, 0.25) is 5.91 Å². The standard InChI is InChI=1S/C11H20ClNO/c1-4-5-8-6-9(8)13-10(14)11(2,3)7-12/h8-9H,4-7H2,1-3H3,(H,13,14). The van der Waals surface area contributed by atoms with Gasteiger partial charge in [-0.1, -0.05) is 13.3 Å². The van der Waals surface area contributed by atoms with Crippen molar-refractivity contribution in [2.45, 2.75) is 46.1 Å². The lowest BCUT2D eigenvalue weighted by Gasteiger charge is -2.20. The lowest BCUT2D eigenvalue weighted by Crippen LogP contribution is -2.39. The van der Waals surface area contributed by atoms with Crippen LogP contribution in [0.4, 0.5) is 0 Å². The highest BCUT2D eigenvalue weighted by atomic mass is 35.5. The molecular formula is C11H20ClNO. The van der Waals surface area contributed by atoms with E-state index in [1.54, 1.807) is 0 Å². The normalized spacial score (nSPS) is 26.0. The zero-order chi connectivity index (χ0) is 10.8. The zero-order valence-electron chi connectivity index (χ0n) is 9.27. The van der Waals surface area contributed by atoms with Crippen LogP contribution >= 0.6 is 11.6 Å². The van der Waals surface area contributed by atoms with Crippen LogP contribution in [0, 0.1) is 11.3 Å². The summed E-state index contributed by atoms with van der Waals surface area (Å²) in [6, 6.07) is 0.421. The van der Waals surface area contributed by atoms with Crippen LogP contribution in [0.2, 0.25) is 0 Å². The molecule has 1 aliphatic rings. The largest absolute Gasteiger partial charge is 0.353 e. The molecule has 0 saturated heterocycles. The van der Waals surface area contributed by atoms with Gasteiger partial charge in [0.05, 0.1) is 5.41 Å². The molecule has 2 nitrogen and oxygen atoms in total. The summed E-state index contributed by atoms with van der Waals surface area (Å²) in [5.74, 6) is 1.19.